The SMILES string of the molecule is CC(NC(=O)C1(C(=O)O)CC1)c1ccc2c(c1)OCCO2. The van der Waals surface area contributed by atoms with Crippen molar-refractivity contribution in [2.45, 2.75) is 25.8 Å². The van der Waals surface area contributed by atoms with Gasteiger partial charge in [-0.15, -0.1) is 0 Å². The van der Waals surface area contributed by atoms with Crippen molar-refractivity contribution in [3.05, 3.63) is 23.8 Å². The van der Waals surface area contributed by atoms with Crippen LogP contribution in [0.4, 0.5) is 0 Å². The number of hydrogen-bond donors (Lipinski definition) is 2. The zero-order chi connectivity index (χ0) is 15.0. The topological polar surface area (TPSA) is 84.9 Å². The highest BCUT2D eigenvalue weighted by atomic mass is 16.6. The zero-order valence-corrected chi connectivity index (χ0v) is 11.7. The molecule has 0 radical (unpaired) electrons. The third-order valence-electron chi connectivity index (χ3n) is 4.01. The Morgan fingerprint density at radius 2 is 1.90 bits per heavy atom. The van der Waals surface area contributed by atoms with Crippen LogP contribution in [0.25, 0.3) is 0 Å². The molecule has 0 bridgehead atoms. The minimum Gasteiger partial charge on any atom is -0.486 e. The van der Waals surface area contributed by atoms with Crippen LogP contribution in [0.1, 0.15) is 31.4 Å². The fourth-order valence-corrected chi connectivity index (χ4v) is 2.41. The molecule has 1 aliphatic carbocycles. The monoisotopic (exact) mass is 291 g/mol. The van der Waals surface area contributed by atoms with Gasteiger partial charge in [0.2, 0.25) is 5.91 Å². The molecule has 1 aromatic carbocycles. The summed E-state index contributed by atoms with van der Waals surface area (Å²) in [4.78, 5) is 23.2. The summed E-state index contributed by atoms with van der Waals surface area (Å²) in [7, 11) is 0. The summed E-state index contributed by atoms with van der Waals surface area (Å²) in [5, 5.41) is 11.9. The van der Waals surface area contributed by atoms with Gasteiger partial charge >= 0.3 is 5.97 Å². The van der Waals surface area contributed by atoms with Gasteiger partial charge in [-0.1, -0.05) is 6.07 Å². The van der Waals surface area contributed by atoms with Gasteiger partial charge in [-0.05, 0) is 37.5 Å². The average molecular weight is 291 g/mol. The summed E-state index contributed by atoms with van der Waals surface area (Å²) in [6.07, 6.45) is 0.810. The minimum atomic E-state index is -1.22. The first kappa shape index (κ1) is 13.7. The summed E-state index contributed by atoms with van der Waals surface area (Å²) in [6, 6.07) is 5.18. The maximum absolute atomic E-state index is 12.1. The van der Waals surface area contributed by atoms with Crippen LogP contribution in [-0.2, 0) is 9.59 Å². The molecule has 112 valence electrons. The summed E-state index contributed by atoms with van der Waals surface area (Å²) < 4.78 is 11.0. The fourth-order valence-electron chi connectivity index (χ4n) is 2.41. The molecule has 6 nitrogen and oxygen atoms in total. The molecule has 2 N–H and O–H groups in total. The van der Waals surface area contributed by atoms with E-state index in [9.17, 15) is 9.59 Å². The first-order chi connectivity index (χ1) is 10.0. The van der Waals surface area contributed by atoms with Gasteiger partial charge < -0.3 is 19.9 Å². The van der Waals surface area contributed by atoms with Crippen molar-refractivity contribution in [3.63, 3.8) is 0 Å². The molecule has 1 atom stereocenters. The molecule has 0 aromatic heterocycles. The van der Waals surface area contributed by atoms with Crippen molar-refractivity contribution in [2.24, 2.45) is 5.41 Å². The van der Waals surface area contributed by atoms with Crippen LogP contribution in [0.5, 0.6) is 11.5 Å². The van der Waals surface area contributed by atoms with Crippen molar-refractivity contribution in [3.8, 4) is 11.5 Å². The number of rotatable bonds is 4. The van der Waals surface area contributed by atoms with Gasteiger partial charge in [-0.3, -0.25) is 9.59 Å². The van der Waals surface area contributed by atoms with Gasteiger partial charge in [-0.2, -0.15) is 0 Å². The number of amides is 1. The Hall–Kier alpha value is -2.24. The highest BCUT2D eigenvalue weighted by molar-refractivity contribution is 6.04. The fraction of sp³-hybridized carbons (Fsp3) is 0.467. The first-order valence-electron chi connectivity index (χ1n) is 6.97. The summed E-state index contributed by atoms with van der Waals surface area (Å²) >= 11 is 0. The second-order valence-corrected chi connectivity index (χ2v) is 5.49. The lowest BCUT2D eigenvalue weighted by atomic mass is 10.0. The number of ether oxygens (including phenoxy) is 2. The van der Waals surface area contributed by atoms with E-state index in [1.807, 2.05) is 19.1 Å². The molecule has 1 unspecified atom stereocenters. The smallest absolute Gasteiger partial charge is 0.319 e. The largest absolute Gasteiger partial charge is 0.486 e. The molecule has 1 fully saturated rings. The lowest BCUT2D eigenvalue weighted by Crippen LogP contribution is -2.38. The lowest BCUT2D eigenvalue weighted by molar-refractivity contribution is -0.149. The molecular formula is C15H17NO5. The van der Waals surface area contributed by atoms with Gasteiger partial charge in [0.05, 0.1) is 6.04 Å². The van der Waals surface area contributed by atoms with Gasteiger partial charge in [0.25, 0.3) is 0 Å². The van der Waals surface area contributed by atoms with E-state index in [1.54, 1.807) is 6.07 Å². The highest BCUT2D eigenvalue weighted by Crippen LogP contribution is 2.46. The Balaban J connectivity index is 1.72. The van der Waals surface area contributed by atoms with Gasteiger partial charge in [0.1, 0.15) is 18.6 Å². The van der Waals surface area contributed by atoms with Crippen molar-refractivity contribution >= 4 is 11.9 Å². The van der Waals surface area contributed by atoms with Gasteiger partial charge in [-0.25, -0.2) is 0 Å². The summed E-state index contributed by atoms with van der Waals surface area (Å²) in [5.41, 5.74) is -0.365. The molecule has 1 saturated carbocycles. The zero-order valence-electron chi connectivity index (χ0n) is 11.7. The predicted octanol–water partition coefficient (Wildman–Crippen LogP) is 1.50. The second kappa shape index (κ2) is 4.95. The minimum absolute atomic E-state index is 0.287. The number of carbonyl (C=O) groups is 2. The molecule has 6 heteroatoms. The van der Waals surface area contributed by atoms with Gasteiger partial charge in [0.15, 0.2) is 11.5 Å². The summed E-state index contributed by atoms with van der Waals surface area (Å²) in [6.45, 7) is 2.85. The number of carbonyl (C=O) groups excluding carboxylic acids is 1. The number of fused-ring (bicyclic) bond motifs is 1. The molecule has 1 aromatic rings. The van der Waals surface area contributed by atoms with E-state index in [0.717, 1.165) is 5.56 Å². The van der Waals surface area contributed by atoms with Gasteiger partial charge in [0, 0.05) is 0 Å². The number of benzene rings is 1. The van der Waals surface area contributed by atoms with E-state index < -0.39 is 17.3 Å². The molecule has 3 rings (SSSR count). The number of hydrogen-bond acceptors (Lipinski definition) is 4. The quantitative estimate of drug-likeness (QED) is 0.821. The Morgan fingerprint density at radius 1 is 1.24 bits per heavy atom. The van der Waals surface area contributed by atoms with Crippen LogP contribution >= 0.6 is 0 Å². The molecule has 1 aliphatic heterocycles. The Bertz CT molecular complexity index is 594. The molecule has 1 heterocycles. The van der Waals surface area contributed by atoms with Crippen molar-refractivity contribution in [1.29, 1.82) is 0 Å². The number of carboxylic acid groups (broad SMARTS) is 1. The maximum Gasteiger partial charge on any atom is 0.319 e. The Labute approximate surface area is 122 Å². The van der Waals surface area contributed by atoms with Crippen LogP contribution in [0, 0.1) is 5.41 Å². The van der Waals surface area contributed by atoms with E-state index in [0.29, 0.717) is 37.6 Å². The predicted molar refractivity (Wildman–Crippen MR) is 73.3 cm³/mol. The number of nitrogens with one attached hydrogen (secondary N) is 1. The van der Waals surface area contributed by atoms with Crippen LogP contribution in [-0.4, -0.2) is 30.2 Å². The Morgan fingerprint density at radius 3 is 2.52 bits per heavy atom. The van der Waals surface area contributed by atoms with Crippen molar-refractivity contribution in [1.82, 2.24) is 5.32 Å². The van der Waals surface area contributed by atoms with E-state index in [1.165, 1.54) is 0 Å². The molecule has 21 heavy (non-hydrogen) atoms. The second-order valence-electron chi connectivity index (χ2n) is 5.49. The number of aliphatic carboxylic acids is 1. The molecule has 0 spiro atoms. The maximum atomic E-state index is 12.1. The van der Waals surface area contributed by atoms with Crippen LogP contribution in [0.3, 0.4) is 0 Å². The van der Waals surface area contributed by atoms with E-state index in [2.05, 4.69) is 5.32 Å². The molecule has 2 aliphatic rings. The first-order valence-corrected chi connectivity index (χ1v) is 6.97. The van der Waals surface area contributed by atoms with E-state index in [-0.39, 0.29) is 6.04 Å². The lowest BCUT2D eigenvalue weighted by Gasteiger charge is -2.22. The average Bonchev–Trinajstić information content (AvgIpc) is 3.28. The molecule has 1 amide bonds. The third kappa shape index (κ3) is 2.41. The van der Waals surface area contributed by atoms with Crippen LogP contribution < -0.4 is 14.8 Å². The summed E-state index contributed by atoms with van der Waals surface area (Å²) in [5.74, 6) is -0.126. The highest BCUT2D eigenvalue weighted by Gasteiger charge is 2.57. The Kier molecular flexibility index (Phi) is 3.23. The van der Waals surface area contributed by atoms with Crippen molar-refractivity contribution < 1.29 is 24.2 Å². The molecular weight excluding hydrogens is 274 g/mol. The molecule has 0 saturated heterocycles. The normalized spacial score (nSPS) is 19.5. The standard InChI is InChI=1S/C15H17NO5/c1-9(16-13(17)15(4-5-15)14(18)19)10-2-3-11-12(8-10)21-7-6-20-11/h2-3,8-9H,4-7H2,1H3,(H,16,17)(H,18,19). The van der Waals surface area contributed by atoms with Crippen molar-refractivity contribution in [2.75, 3.05) is 13.2 Å². The van der Waals surface area contributed by atoms with Crippen LogP contribution in [0.2, 0.25) is 0 Å². The number of carboxylic acids is 1. The van der Waals surface area contributed by atoms with E-state index in [4.69, 9.17) is 14.6 Å². The third-order valence-corrected chi connectivity index (χ3v) is 4.01. The van der Waals surface area contributed by atoms with Crippen LogP contribution in [0.15, 0.2) is 18.2 Å². The van der Waals surface area contributed by atoms with E-state index >= 15 is 0 Å².